The number of hydrogen-bond donors (Lipinski definition) is 1. The van der Waals surface area contributed by atoms with Gasteiger partial charge in [-0.1, -0.05) is 6.07 Å². The Balaban J connectivity index is 1.29. The van der Waals surface area contributed by atoms with E-state index in [9.17, 15) is 14.4 Å². The molecule has 0 saturated carbocycles. The largest absolute Gasteiger partial charge is 0.454 e. The normalized spacial score (nSPS) is 15.6. The number of H-pyrrole nitrogens is 1. The lowest BCUT2D eigenvalue weighted by Crippen LogP contribution is -2.50. The van der Waals surface area contributed by atoms with E-state index in [4.69, 9.17) is 9.47 Å². The number of ether oxygens (including phenoxy) is 2. The number of benzene rings is 1. The summed E-state index contributed by atoms with van der Waals surface area (Å²) in [5, 5.41) is 0. The average Bonchev–Trinajstić information content (AvgIpc) is 3.31. The van der Waals surface area contributed by atoms with Crippen LogP contribution in [-0.4, -0.2) is 63.2 Å². The Labute approximate surface area is 189 Å². The van der Waals surface area contributed by atoms with Crippen molar-refractivity contribution in [2.75, 3.05) is 33.0 Å². The zero-order chi connectivity index (χ0) is 22.8. The van der Waals surface area contributed by atoms with Crippen molar-refractivity contribution in [1.82, 2.24) is 24.3 Å². The van der Waals surface area contributed by atoms with Crippen LogP contribution in [0.15, 0.2) is 58.5 Å². The van der Waals surface area contributed by atoms with Crippen LogP contribution in [0.2, 0.25) is 0 Å². The summed E-state index contributed by atoms with van der Waals surface area (Å²) in [5.41, 5.74) is 0.632. The molecule has 1 N–H and O–H groups in total. The number of carbonyl (C=O) groups excluding carboxylic acids is 1. The zero-order valence-corrected chi connectivity index (χ0v) is 17.9. The van der Waals surface area contributed by atoms with E-state index in [1.807, 2.05) is 12.1 Å². The van der Waals surface area contributed by atoms with Crippen molar-refractivity contribution in [3.8, 4) is 11.5 Å². The van der Waals surface area contributed by atoms with Crippen molar-refractivity contribution in [3.05, 3.63) is 86.5 Å². The first-order chi connectivity index (χ1) is 16.1. The zero-order valence-electron chi connectivity index (χ0n) is 17.9. The number of hydrogen-bond acceptors (Lipinski definition) is 7. The molecule has 1 aromatic carbocycles. The Bertz CT molecular complexity index is 1280. The van der Waals surface area contributed by atoms with Gasteiger partial charge in [-0.25, -0.2) is 4.79 Å². The average molecular weight is 449 g/mol. The number of carbonyl (C=O) groups is 1. The SMILES string of the molecule is O=C(c1c[nH]c(=O)n(Cc2ccc3c(c2)OCO3)c1=O)N1CCN(Cc2ccncc2)CC1. The number of fused-ring (bicyclic) bond motifs is 1. The van der Waals surface area contributed by atoms with E-state index in [0.717, 1.165) is 16.7 Å². The summed E-state index contributed by atoms with van der Waals surface area (Å²) in [6, 6.07) is 9.17. The molecular weight excluding hydrogens is 426 g/mol. The lowest BCUT2D eigenvalue weighted by molar-refractivity contribution is 0.0625. The lowest BCUT2D eigenvalue weighted by atomic mass is 10.2. The van der Waals surface area contributed by atoms with Gasteiger partial charge in [0.1, 0.15) is 5.56 Å². The van der Waals surface area contributed by atoms with Crippen molar-refractivity contribution in [3.63, 3.8) is 0 Å². The number of nitrogens with one attached hydrogen (secondary N) is 1. The minimum absolute atomic E-state index is 0.0195. The second-order valence-electron chi connectivity index (χ2n) is 8.01. The number of amides is 1. The summed E-state index contributed by atoms with van der Waals surface area (Å²) >= 11 is 0. The molecule has 170 valence electrons. The molecule has 1 amide bonds. The maximum absolute atomic E-state index is 13.1. The van der Waals surface area contributed by atoms with E-state index in [-0.39, 0.29) is 24.8 Å². The molecule has 2 aromatic heterocycles. The molecule has 2 aliphatic heterocycles. The number of nitrogens with zero attached hydrogens (tertiary/aromatic N) is 4. The summed E-state index contributed by atoms with van der Waals surface area (Å²) in [5.74, 6) is 0.806. The molecule has 1 saturated heterocycles. The van der Waals surface area contributed by atoms with Crippen molar-refractivity contribution in [2.45, 2.75) is 13.1 Å². The number of pyridine rings is 1. The summed E-state index contributed by atoms with van der Waals surface area (Å²) in [4.78, 5) is 49.0. The summed E-state index contributed by atoms with van der Waals surface area (Å²) in [6.07, 6.45) is 4.74. The molecule has 0 bridgehead atoms. The van der Waals surface area contributed by atoms with Crippen LogP contribution in [0.4, 0.5) is 0 Å². The van der Waals surface area contributed by atoms with Crippen LogP contribution in [0.1, 0.15) is 21.5 Å². The molecule has 10 heteroatoms. The second kappa shape index (κ2) is 8.91. The lowest BCUT2D eigenvalue weighted by Gasteiger charge is -2.34. The monoisotopic (exact) mass is 449 g/mol. The first-order valence-corrected chi connectivity index (χ1v) is 10.7. The predicted molar refractivity (Wildman–Crippen MR) is 118 cm³/mol. The van der Waals surface area contributed by atoms with Crippen LogP contribution >= 0.6 is 0 Å². The molecule has 4 heterocycles. The van der Waals surface area contributed by atoms with E-state index in [1.165, 1.54) is 6.20 Å². The van der Waals surface area contributed by atoms with Gasteiger partial charge in [-0.2, -0.15) is 0 Å². The van der Waals surface area contributed by atoms with Crippen molar-refractivity contribution in [2.24, 2.45) is 0 Å². The van der Waals surface area contributed by atoms with Crippen LogP contribution in [0.3, 0.4) is 0 Å². The van der Waals surface area contributed by atoms with E-state index < -0.39 is 11.2 Å². The Morgan fingerprint density at radius 3 is 2.48 bits per heavy atom. The number of piperazine rings is 1. The highest BCUT2D eigenvalue weighted by atomic mass is 16.7. The van der Waals surface area contributed by atoms with Crippen LogP contribution in [0.5, 0.6) is 11.5 Å². The quantitative estimate of drug-likeness (QED) is 0.610. The molecule has 0 spiro atoms. The maximum atomic E-state index is 13.1. The fraction of sp³-hybridized carbons (Fsp3) is 0.304. The Hall–Kier alpha value is -3.92. The molecule has 3 aromatic rings. The van der Waals surface area contributed by atoms with Gasteiger partial charge in [0.2, 0.25) is 6.79 Å². The Morgan fingerprint density at radius 1 is 0.939 bits per heavy atom. The smallest absolute Gasteiger partial charge is 0.328 e. The topological polar surface area (TPSA) is 110 Å². The molecular formula is C23H23N5O5. The first-order valence-electron chi connectivity index (χ1n) is 10.7. The van der Waals surface area contributed by atoms with E-state index >= 15 is 0 Å². The van der Waals surface area contributed by atoms with Gasteiger partial charge in [0.05, 0.1) is 6.54 Å². The van der Waals surface area contributed by atoms with Crippen molar-refractivity contribution >= 4 is 5.91 Å². The molecule has 0 unspecified atom stereocenters. The van der Waals surface area contributed by atoms with Crippen molar-refractivity contribution in [1.29, 1.82) is 0 Å². The predicted octanol–water partition coefficient (Wildman–Crippen LogP) is 0.667. The first kappa shape index (κ1) is 21.0. The highest BCUT2D eigenvalue weighted by Gasteiger charge is 2.25. The summed E-state index contributed by atoms with van der Waals surface area (Å²) in [6.45, 7) is 3.34. The van der Waals surface area contributed by atoms with Gasteiger partial charge in [-0.05, 0) is 35.4 Å². The third kappa shape index (κ3) is 4.37. The molecule has 0 atom stereocenters. The van der Waals surface area contributed by atoms with Crippen LogP contribution < -0.4 is 20.7 Å². The minimum atomic E-state index is -0.611. The molecule has 0 aliphatic carbocycles. The van der Waals surface area contributed by atoms with Crippen LogP contribution in [-0.2, 0) is 13.1 Å². The van der Waals surface area contributed by atoms with Gasteiger partial charge < -0.3 is 19.4 Å². The van der Waals surface area contributed by atoms with Crippen molar-refractivity contribution < 1.29 is 14.3 Å². The molecule has 1 fully saturated rings. The Kier molecular flexibility index (Phi) is 5.66. The van der Waals surface area contributed by atoms with Crippen LogP contribution in [0, 0.1) is 0 Å². The van der Waals surface area contributed by atoms with Crippen LogP contribution in [0.25, 0.3) is 0 Å². The molecule has 0 radical (unpaired) electrons. The standard InChI is InChI=1S/C23H23N5O5/c29-21(27-9-7-26(8-10-27)13-16-3-5-24-6-4-16)18-12-25-23(31)28(22(18)30)14-17-1-2-19-20(11-17)33-15-32-19/h1-6,11-12H,7-10,13-15H2,(H,25,31). The number of aromatic nitrogens is 3. The third-order valence-corrected chi connectivity index (χ3v) is 5.88. The molecule has 10 nitrogen and oxygen atoms in total. The number of rotatable bonds is 5. The summed E-state index contributed by atoms with van der Waals surface area (Å²) < 4.78 is 11.7. The fourth-order valence-electron chi connectivity index (χ4n) is 4.06. The van der Waals surface area contributed by atoms with Gasteiger partial charge in [-0.3, -0.25) is 24.0 Å². The molecule has 5 rings (SSSR count). The Morgan fingerprint density at radius 2 is 1.70 bits per heavy atom. The van der Waals surface area contributed by atoms with E-state index in [1.54, 1.807) is 35.5 Å². The molecule has 33 heavy (non-hydrogen) atoms. The van der Waals surface area contributed by atoms with E-state index in [2.05, 4.69) is 14.9 Å². The van der Waals surface area contributed by atoms with Gasteiger partial charge in [0, 0.05) is 51.3 Å². The van der Waals surface area contributed by atoms with Gasteiger partial charge in [-0.15, -0.1) is 0 Å². The van der Waals surface area contributed by atoms with Gasteiger partial charge in [0.15, 0.2) is 11.5 Å². The third-order valence-electron chi connectivity index (χ3n) is 5.88. The number of aromatic amines is 1. The van der Waals surface area contributed by atoms with Gasteiger partial charge in [0.25, 0.3) is 11.5 Å². The molecule has 2 aliphatic rings. The van der Waals surface area contributed by atoms with E-state index in [0.29, 0.717) is 43.2 Å². The summed E-state index contributed by atoms with van der Waals surface area (Å²) in [7, 11) is 0. The minimum Gasteiger partial charge on any atom is -0.454 e. The fourth-order valence-corrected chi connectivity index (χ4v) is 4.06. The van der Waals surface area contributed by atoms with Gasteiger partial charge >= 0.3 is 5.69 Å². The highest BCUT2D eigenvalue weighted by molar-refractivity contribution is 5.93. The second-order valence-corrected chi connectivity index (χ2v) is 8.01. The maximum Gasteiger partial charge on any atom is 0.328 e. The highest BCUT2D eigenvalue weighted by Crippen LogP contribution is 2.32.